The highest BCUT2D eigenvalue weighted by molar-refractivity contribution is 5.76. The van der Waals surface area contributed by atoms with Gasteiger partial charge in [-0.15, -0.1) is 0 Å². The average Bonchev–Trinajstić information content (AvgIpc) is 0.783. The third-order valence-corrected chi connectivity index (χ3v) is 21.9. The van der Waals surface area contributed by atoms with Gasteiger partial charge < -0.3 is 89.9 Å². The molecule has 3 heterocycles. The lowest BCUT2D eigenvalue weighted by molar-refractivity contribution is -0.379. The van der Waals surface area contributed by atoms with Gasteiger partial charge in [-0.25, -0.2) is 0 Å². The van der Waals surface area contributed by atoms with Crippen molar-refractivity contribution in [3.05, 3.63) is 0 Å². The summed E-state index contributed by atoms with van der Waals surface area (Å²) in [5.74, 6) is -0.232. The van der Waals surface area contributed by atoms with Crippen LogP contribution in [0.3, 0.4) is 0 Å². The summed E-state index contributed by atoms with van der Waals surface area (Å²) in [6.07, 6.45) is 47.8. The molecule has 1 amide bonds. The highest BCUT2D eigenvalue weighted by Gasteiger charge is 2.54. The Bertz CT molecular complexity index is 1820. The van der Waals surface area contributed by atoms with Gasteiger partial charge >= 0.3 is 0 Å². The van der Waals surface area contributed by atoms with Gasteiger partial charge in [0.25, 0.3) is 0 Å². The standard InChI is InChI=1S/C82H159NO18/c1-3-5-7-9-11-13-15-17-19-21-23-25-27-29-30-31-32-33-34-35-36-38-40-42-44-46-48-50-52-54-56-58-60-70(88)83-65(66(87)59-57-55-53-51-49-47-45-43-41-39-37-28-26-24-22-20-18-16-14-12-10-8-6-4-2)64-96-80-76(94)73(91)78(68(62-85)98-80)101-82-77(95)74(92)79(69(63-86)99-82)100-81-75(93)72(90)71(89)67(61-84)97-81/h65-69,71-82,84-87,89-95H,3-64H2,1-2H3,(H,83,88). The highest BCUT2D eigenvalue weighted by Crippen LogP contribution is 2.34. The summed E-state index contributed by atoms with van der Waals surface area (Å²) in [5.41, 5.74) is 0. The normalized spacial score (nSPS) is 26.2. The van der Waals surface area contributed by atoms with E-state index in [-0.39, 0.29) is 18.9 Å². The van der Waals surface area contributed by atoms with Crippen molar-refractivity contribution in [3.63, 3.8) is 0 Å². The van der Waals surface area contributed by atoms with Crippen LogP contribution in [0.25, 0.3) is 0 Å². The number of aliphatic hydroxyl groups excluding tert-OH is 11. The predicted octanol–water partition coefficient (Wildman–Crippen LogP) is 15.0. The van der Waals surface area contributed by atoms with Crippen LogP contribution in [0, 0.1) is 0 Å². The number of amides is 1. The van der Waals surface area contributed by atoms with Gasteiger partial charge in [0, 0.05) is 6.42 Å². The molecule has 0 aliphatic carbocycles. The van der Waals surface area contributed by atoms with Gasteiger partial charge in [0.15, 0.2) is 18.9 Å². The van der Waals surface area contributed by atoms with Gasteiger partial charge in [0.05, 0.1) is 38.6 Å². The van der Waals surface area contributed by atoms with Crippen molar-refractivity contribution in [2.75, 3.05) is 26.4 Å². The SMILES string of the molecule is CCCCCCCCCCCCCCCCCCCCCCCCCCCCCCCCCCC(=O)NC(COC1OC(CO)C(OC2OC(CO)C(OC3OC(CO)C(O)C(O)C3O)C(O)C2O)C(O)C1O)C(O)CCCCCCCCCCCCCCCCCCCCCCCCCC. The zero-order chi connectivity index (χ0) is 73.2. The van der Waals surface area contributed by atoms with E-state index in [0.29, 0.717) is 12.8 Å². The van der Waals surface area contributed by atoms with Crippen LogP contribution in [0.15, 0.2) is 0 Å². The minimum Gasteiger partial charge on any atom is -0.394 e. The molecule has 3 saturated heterocycles. The molecule has 17 atom stereocenters. The largest absolute Gasteiger partial charge is 0.394 e. The Morgan fingerprint density at radius 2 is 0.564 bits per heavy atom. The van der Waals surface area contributed by atoms with Crippen molar-refractivity contribution in [1.29, 1.82) is 0 Å². The van der Waals surface area contributed by atoms with E-state index < -0.39 is 124 Å². The number of carbonyl (C=O) groups is 1. The minimum atomic E-state index is -1.97. The van der Waals surface area contributed by atoms with E-state index in [2.05, 4.69) is 19.2 Å². The summed E-state index contributed by atoms with van der Waals surface area (Å²) in [4.78, 5) is 13.5. The Balaban J connectivity index is 1.33. The number of aliphatic hydroxyl groups is 11. The first-order valence-corrected chi connectivity index (χ1v) is 42.8. The lowest BCUT2D eigenvalue weighted by atomic mass is 9.96. The number of unbranched alkanes of at least 4 members (excludes halogenated alkanes) is 54. The first-order chi connectivity index (χ1) is 49.3. The van der Waals surface area contributed by atoms with E-state index in [4.69, 9.17) is 28.4 Å². The Hall–Kier alpha value is -1.21. The quantitative estimate of drug-likeness (QED) is 0.0252. The van der Waals surface area contributed by atoms with E-state index in [1.807, 2.05) is 0 Å². The Labute approximate surface area is 614 Å². The van der Waals surface area contributed by atoms with Crippen LogP contribution >= 0.6 is 0 Å². The molecule has 12 N–H and O–H groups in total. The Morgan fingerprint density at radius 1 is 0.317 bits per heavy atom. The Kier molecular flexibility index (Phi) is 59.3. The monoisotopic (exact) mass is 1450 g/mol. The summed E-state index contributed by atoms with van der Waals surface area (Å²) >= 11 is 0. The molecular formula is C82H159NO18. The molecule has 0 aromatic rings. The van der Waals surface area contributed by atoms with Crippen LogP contribution in [0.5, 0.6) is 0 Å². The average molecular weight is 1450 g/mol. The molecule has 600 valence electrons. The summed E-state index contributed by atoms with van der Waals surface area (Å²) in [7, 11) is 0. The van der Waals surface area contributed by atoms with Gasteiger partial charge in [-0.1, -0.05) is 367 Å². The zero-order valence-corrected chi connectivity index (χ0v) is 64.4. The van der Waals surface area contributed by atoms with Gasteiger partial charge in [-0.2, -0.15) is 0 Å². The smallest absolute Gasteiger partial charge is 0.220 e. The van der Waals surface area contributed by atoms with Crippen molar-refractivity contribution < 1.29 is 89.4 Å². The van der Waals surface area contributed by atoms with E-state index >= 15 is 0 Å². The number of hydrogen-bond acceptors (Lipinski definition) is 18. The molecule has 0 aromatic heterocycles. The number of nitrogens with one attached hydrogen (secondary N) is 1. The fourth-order valence-corrected chi connectivity index (χ4v) is 15.1. The lowest BCUT2D eigenvalue weighted by Crippen LogP contribution is -2.66. The lowest BCUT2D eigenvalue weighted by Gasteiger charge is -2.48. The maximum absolute atomic E-state index is 13.5. The zero-order valence-electron chi connectivity index (χ0n) is 64.4. The summed E-state index contributed by atoms with van der Waals surface area (Å²) in [5, 5.41) is 121. The third kappa shape index (κ3) is 43.5. The van der Waals surface area contributed by atoms with E-state index in [1.165, 1.54) is 308 Å². The second-order valence-electron chi connectivity index (χ2n) is 31.0. The number of hydrogen-bond donors (Lipinski definition) is 12. The summed E-state index contributed by atoms with van der Waals surface area (Å²) < 4.78 is 34.6. The van der Waals surface area contributed by atoms with E-state index in [0.717, 1.165) is 44.9 Å². The summed E-state index contributed by atoms with van der Waals surface area (Å²) in [6, 6.07) is -0.884. The Morgan fingerprint density at radius 3 is 0.861 bits per heavy atom. The van der Waals surface area contributed by atoms with E-state index in [1.54, 1.807) is 0 Å². The summed E-state index contributed by atoms with van der Waals surface area (Å²) in [6.45, 7) is 1.88. The van der Waals surface area contributed by atoms with Gasteiger partial charge in [-0.05, 0) is 12.8 Å². The number of rotatable bonds is 70. The van der Waals surface area contributed by atoms with Crippen LogP contribution in [-0.4, -0.2) is 193 Å². The molecule has 3 fully saturated rings. The van der Waals surface area contributed by atoms with Gasteiger partial charge in [-0.3, -0.25) is 4.79 Å². The van der Waals surface area contributed by atoms with Crippen molar-refractivity contribution in [2.24, 2.45) is 0 Å². The van der Waals surface area contributed by atoms with Crippen LogP contribution in [0.1, 0.15) is 386 Å². The topological polar surface area (TPSA) is 307 Å². The van der Waals surface area contributed by atoms with Crippen molar-refractivity contribution in [1.82, 2.24) is 5.32 Å². The van der Waals surface area contributed by atoms with Crippen LogP contribution in [-0.2, 0) is 33.2 Å². The highest BCUT2D eigenvalue weighted by atomic mass is 16.8. The maximum atomic E-state index is 13.5. The molecule has 19 nitrogen and oxygen atoms in total. The molecule has 17 unspecified atom stereocenters. The number of ether oxygens (including phenoxy) is 6. The van der Waals surface area contributed by atoms with Gasteiger partial charge in [0.2, 0.25) is 5.91 Å². The molecule has 0 saturated carbocycles. The maximum Gasteiger partial charge on any atom is 0.220 e. The third-order valence-electron chi connectivity index (χ3n) is 21.9. The first kappa shape index (κ1) is 94.0. The fraction of sp³-hybridized carbons (Fsp3) is 0.988. The predicted molar refractivity (Wildman–Crippen MR) is 402 cm³/mol. The molecule has 3 aliphatic rings. The molecule has 101 heavy (non-hydrogen) atoms. The molecule has 0 bridgehead atoms. The minimum absolute atomic E-state index is 0.232. The molecule has 3 rings (SSSR count). The molecule has 3 aliphatic heterocycles. The second kappa shape index (κ2) is 63.7. The molecule has 0 aromatic carbocycles. The van der Waals surface area contributed by atoms with Crippen molar-refractivity contribution in [3.8, 4) is 0 Å². The van der Waals surface area contributed by atoms with Crippen LogP contribution < -0.4 is 5.32 Å². The molecule has 0 radical (unpaired) electrons. The molecular weight excluding hydrogens is 1290 g/mol. The van der Waals surface area contributed by atoms with Crippen LogP contribution in [0.2, 0.25) is 0 Å². The molecule has 19 heteroatoms. The van der Waals surface area contributed by atoms with Crippen LogP contribution in [0.4, 0.5) is 0 Å². The van der Waals surface area contributed by atoms with E-state index in [9.17, 15) is 61.0 Å². The second-order valence-corrected chi connectivity index (χ2v) is 31.0. The number of carbonyl (C=O) groups excluding carboxylic acids is 1. The molecule has 0 spiro atoms. The van der Waals surface area contributed by atoms with Gasteiger partial charge in [0.1, 0.15) is 73.2 Å². The first-order valence-electron chi connectivity index (χ1n) is 42.8. The van der Waals surface area contributed by atoms with Crippen molar-refractivity contribution in [2.45, 2.75) is 491 Å². The fourth-order valence-electron chi connectivity index (χ4n) is 15.1. The van der Waals surface area contributed by atoms with Crippen molar-refractivity contribution >= 4 is 5.91 Å².